The van der Waals surface area contributed by atoms with Crippen molar-refractivity contribution in [2.45, 2.75) is 6.54 Å². The molecule has 2 N–H and O–H groups in total. The summed E-state index contributed by atoms with van der Waals surface area (Å²) in [7, 11) is 1.51. The Labute approximate surface area is 94.5 Å². The van der Waals surface area contributed by atoms with E-state index < -0.39 is 4.92 Å². The second-order valence-corrected chi connectivity index (χ2v) is 3.74. The molecule has 0 unspecified atom stereocenters. The zero-order valence-electron chi connectivity index (χ0n) is 7.49. The normalized spacial score (nSPS) is 9.93. The first-order chi connectivity index (χ1) is 6.60. The van der Waals surface area contributed by atoms with E-state index in [4.69, 9.17) is 10.5 Å². The average molecular weight is 308 g/mol. The Balaban J connectivity index is 3.34. The molecule has 0 saturated heterocycles. The predicted molar refractivity (Wildman–Crippen MR) is 60.3 cm³/mol. The van der Waals surface area contributed by atoms with Crippen LogP contribution in [0.2, 0.25) is 0 Å². The number of nitro benzene ring substituents is 1. The summed E-state index contributed by atoms with van der Waals surface area (Å²) in [5.41, 5.74) is 5.97. The smallest absolute Gasteiger partial charge is 0.287 e. The van der Waals surface area contributed by atoms with E-state index in [1.165, 1.54) is 7.11 Å². The van der Waals surface area contributed by atoms with Gasteiger partial charge in [-0.1, -0.05) is 0 Å². The maximum atomic E-state index is 10.7. The number of hydrogen-bond donors (Lipinski definition) is 1. The van der Waals surface area contributed by atoms with Crippen molar-refractivity contribution in [3.05, 3.63) is 31.4 Å². The van der Waals surface area contributed by atoms with E-state index in [9.17, 15) is 10.1 Å². The molecule has 14 heavy (non-hydrogen) atoms. The Kier molecular flexibility index (Phi) is 3.64. The fraction of sp³-hybridized carbons (Fsp3) is 0.250. The van der Waals surface area contributed by atoms with Gasteiger partial charge in [0.25, 0.3) is 5.69 Å². The Morgan fingerprint density at radius 1 is 1.64 bits per heavy atom. The maximum Gasteiger partial charge on any atom is 0.287 e. The van der Waals surface area contributed by atoms with Crippen LogP contribution in [-0.2, 0) is 6.54 Å². The van der Waals surface area contributed by atoms with Crippen LogP contribution >= 0.6 is 22.6 Å². The fourth-order valence-electron chi connectivity index (χ4n) is 1.11. The average Bonchev–Trinajstić information content (AvgIpc) is 2.15. The third-order valence-electron chi connectivity index (χ3n) is 1.75. The lowest BCUT2D eigenvalue weighted by Gasteiger charge is -2.05. The maximum absolute atomic E-state index is 10.7. The molecule has 1 aromatic rings. The van der Waals surface area contributed by atoms with Crippen molar-refractivity contribution in [1.82, 2.24) is 0 Å². The van der Waals surface area contributed by atoms with Gasteiger partial charge >= 0.3 is 0 Å². The van der Waals surface area contributed by atoms with E-state index in [1.54, 1.807) is 12.1 Å². The SMILES string of the molecule is COc1cc(I)c([N+](=O)[O-])c(CN)c1. The summed E-state index contributed by atoms with van der Waals surface area (Å²) in [6, 6.07) is 3.19. The highest BCUT2D eigenvalue weighted by atomic mass is 127. The Morgan fingerprint density at radius 3 is 2.71 bits per heavy atom. The first-order valence-corrected chi connectivity index (χ1v) is 4.89. The zero-order valence-corrected chi connectivity index (χ0v) is 9.65. The lowest BCUT2D eigenvalue weighted by atomic mass is 10.1. The molecule has 0 saturated carbocycles. The first kappa shape index (κ1) is 11.2. The summed E-state index contributed by atoms with van der Waals surface area (Å²) in [6.07, 6.45) is 0. The fourth-order valence-corrected chi connectivity index (χ4v) is 1.96. The summed E-state index contributed by atoms with van der Waals surface area (Å²) in [6.45, 7) is 0.128. The molecule has 0 aliphatic carbocycles. The van der Waals surface area contributed by atoms with Crippen LogP contribution in [0.5, 0.6) is 5.75 Å². The molecular weight excluding hydrogens is 299 g/mol. The molecule has 0 aliphatic rings. The van der Waals surface area contributed by atoms with Crippen molar-refractivity contribution in [2.24, 2.45) is 5.73 Å². The van der Waals surface area contributed by atoms with Gasteiger partial charge in [0.1, 0.15) is 5.75 Å². The topological polar surface area (TPSA) is 78.4 Å². The van der Waals surface area contributed by atoms with Gasteiger partial charge in [0.2, 0.25) is 0 Å². The molecule has 0 heterocycles. The van der Waals surface area contributed by atoms with Crippen molar-refractivity contribution >= 4 is 28.3 Å². The molecule has 6 heteroatoms. The highest BCUT2D eigenvalue weighted by molar-refractivity contribution is 14.1. The molecule has 0 atom stereocenters. The van der Waals surface area contributed by atoms with Gasteiger partial charge in [0.15, 0.2) is 0 Å². The lowest BCUT2D eigenvalue weighted by Crippen LogP contribution is -2.04. The minimum absolute atomic E-state index is 0.0638. The highest BCUT2D eigenvalue weighted by Crippen LogP contribution is 2.29. The third kappa shape index (κ3) is 2.13. The van der Waals surface area contributed by atoms with Crippen LogP contribution in [0.3, 0.4) is 0 Å². The minimum Gasteiger partial charge on any atom is -0.497 e. The number of halogens is 1. The monoisotopic (exact) mass is 308 g/mol. The van der Waals surface area contributed by atoms with Crippen LogP contribution in [0.4, 0.5) is 5.69 Å². The van der Waals surface area contributed by atoms with E-state index in [0.29, 0.717) is 14.9 Å². The number of methoxy groups -OCH3 is 1. The summed E-state index contributed by atoms with van der Waals surface area (Å²) in [5.74, 6) is 0.584. The quantitative estimate of drug-likeness (QED) is 0.523. The number of nitrogens with two attached hydrogens (primary N) is 1. The van der Waals surface area contributed by atoms with Crippen LogP contribution in [-0.4, -0.2) is 12.0 Å². The number of rotatable bonds is 3. The summed E-state index contributed by atoms with van der Waals surface area (Å²) >= 11 is 1.90. The van der Waals surface area contributed by atoms with Gasteiger partial charge in [-0.2, -0.15) is 0 Å². The Bertz CT molecular complexity index is 368. The van der Waals surface area contributed by atoms with E-state index in [2.05, 4.69) is 0 Å². The molecule has 1 aromatic carbocycles. The molecule has 0 fully saturated rings. The van der Waals surface area contributed by atoms with Gasteiger partial charge in [-0.3, -0.25) is 10.1 Å². The molecule has 0 bridgehead atoms. The van der Waals surface area contributed by atoms with Gasteiger partial charge in [-0.25, -0.2) is 0 Å². The predicted octanol–water partition coefficient (Wildman–Crippen LogP) is 1.67. The number of benzene rings is 1. The van der Waals surface area contributed by atoms with Gasteiger partial charge in [0.05, 0.1) is 15.6 Å². The van der Waals surface area contributed by atoms with Gasteiger partial charge in [0, 0.05) is 18.2 Å². The summed E-state index contributed by atoms with van der Waals surface area (Å²) in [4.78, 5) is 10.3. The first-order valence-electron chi connectivity index (χ1n) is 3.81. The highest BCUT2D eigenvalue weighted by Gasteiger charge is 2.18. The van der Waals surface area contributed by atoms with E-state index in [0.717, 1.165) is 0 Å². The van der Waals surface area contributed by atoms with Gasteiger partial charge in [-0.05, 0) is 28.7 Å². The Hall–Kier alpha value is -0.890. The standard InChI is InChI=1S/C8H9IN2O3/c1-14-6-2-5(4-10)8(11(12)13)7(9)3-6/h2-3H,4,10H2,1H3. The molecule has 0 spiro atoms. The summed E-state index contributed by atoms with van der Waals surface area (Å²) in [5, 5.41) is 10.7. The Morgan fingerprint density at radius 2 is 2.29 bits per heavy atom. The van der Waals surface area contributed by atoms with Crippen molar-refractivity contribution in [2.75, 3.05) is 7.11 Å². The molecule has 1 rings (SSSR count). The number of nitrogens with zero attached hydrogens (tertiary/aromatic N) is 1. The second kappa shape index (κ2) is 4.56. The molecule has 5 nitrogen and oxygen atoms in total. The van der Waals surface area contributed by atoms with E-state index in [1.807, 2.05) is 22.6 Å². The van der Waals surface area contributed by atoms with E-state index >= 15 is 0 Å². The lowest BCUT2D eigenvalue weighted by molar-refractivity contribution is -0.386. The van der Waals surface area contributed by atoms with Gasteiger partial charge in [-0.15, -0.1) is 0 Å². The third-order valence-corrected chi connectivity index (χ3v) is 2.58. The molecule has 0 aliphatic heterocycles. The number of ether oxygens (including phenoxy) is 1. The minimum atomic E-state index is -0.427. The number of hydrogen-bond acceptors (Lipinski definition) is 4. The zero-order chi connectivity index (χ0) is 10.7. The van der Waals surface area contributed by atoms with Crippen molar-refractivity contribution in [3.63, 3.8) is 0 Å². The molecule has 0 radical (unpaired) electrons. The molecule has 0 aromatic heterocycles. The molecule has 0 amide bonds. The van der Waals surface area contributed by atoms with Crippen molar-refractivity contribution in [1.29, 1.82) is 0 Å². The van der Waals surface area contributed by atoms with Gasteiger partial charge < -0.3 is 10.5 Å². The van der Waals surface area contributed by atoms with Crippen molar-refractivity contribution < 1.29 is 9.66 Å². The van der Waals surface area contributed by atoms with Crippen molar-refractivity contribution in [3.8, 4) is 5.75 Å². The van der Waals surface area contributed by atoms with Crippen LogP contribution in [0.25, 0.3) is 0 Å². The molecule has 76 valence electrons. The van der Waals surface area contributed by atoms with Crippen LogP contribution in [0.1, 0.15) is 5.56 Å². The largest absolute Gasteiger partial charge is 0.497 e. The van der Waals surface area contributed by atoms with Crippen LogP contribution in [0, 0.1) is 13.7 Å². The van der Waals surface area contributed by atoms with Crippen LogP contribution < -0.4 is 10.5 Å². The van der Waals surface area contributed by atoms with E-state index in [-0.39, 0.29) is 12.2 Å². The second-order valence-electron chi connectivity index (χ2n) is 2.58. The summed E-state index contributed by atoms with van der Waals surface area (Å²) < 4.78 is 5.52. The number of nitro groups is 1. The molecular formula is C8H9IN2O3. The van der Waals surface area contributed by atoms with Crippen LogP contribution in [0.15, 0.2) is 12.1 Å².